The normalized spacial score (nSPS) is 10.3. The van der Waals surface area contributed by atoms with Crippen LogP contribution in [0.5, 0.6) is 0 Å². The zero-order valence-electron chi connectivity index (χ0n) is 8.54. The maximum Gasteiger partial charge on any atom is 0.332 e. The van der Waals surface area contributed by atoms with Crippen molar-refractivity contribution in [1.29, 1.82) is 0 Å². The molecule has 0 spiro atoms. The largest absolute Gasteiger partial charge is 0.332 e. The van der Waals surface area contributed by atoms with E-state index in [1.165, 1.54) is 17.9 Å². The molecule has 0 aliphatic carbocycles. The first-order chi connectivity index (χ1) is 6.54. The fourth-order valence-electron chi connectivity index (χ4n) is 1.47. The molecule has 0 saturated heterocycles. The van der Waals surface area contributed by atoms with Crippen LogP contribution in [0, 0.1) is 0 Å². The van der Waals surface area contributed by atoms with Gasteiger partial charge in [0.15, 0.2) is 11.2 Å². The molecule has 2 rings (SSSR count). The Morgan fingerprint density at radius 2 is 1.73 bits per heavy atom. The molecule has 2 aromatic heterocycles. The minimum atomic E-state index is -0.360. The molecule has 0 aromatic carbocycles. The standard InChI is InChI=1S/C8H10N4O2.Fe/c1-10-4-9-6-5(10)7(13)12(3)8(14)11(6)2;/h4H,1-3H3;. The van der Waals surface area contributed by atoms with E-state index in [4.69, 9.17) is 0 Å². The Hall–Kier alpha value is -1.33. The Morgan fingerprint density at radius 1 is 1.13 bits per heavy atom. The molecule has 0 unspecified atom stereocenters. The van der Waals surface area contributed by atoms with Gasteiger partial charge in [0.1, 0.15) is 0 Å². The molecular formula is C8H10FeN4O2. The number of hydrogen-bond donors (Lipinski definition) is 0. The van der Waals surface area contributed by atoms with Crippen molar-refractivity contribution in [3.05, 3.63) is 27.2 Å². The van der Waals surface area contributed by atoms with E-state index >= 15 is 0 Å². The van der Waals surface area contributed by atoms with Crippen LogP contribution in [0.15, 0.2) is 15.9 Å². The topological polar surface area (TPSA) is 61.8 Å². The van der Waals surface area contributed by atoms with Gasteiger partial charge in [0.25, 0.3) is 5.56 Å². The quantitative estimate of drug-likeness (QED) is 0.561. The first-order valence-electron chi connectivity index (χ1n) is 4.11. The molecule has 15 heavy (non-hydrogen) atoms. The van der Waals surface area contributed by atoms with Crippen molar-refractivity contribution in [3.8, 4) is 0 Å². The van der Waals surface area contributed by atoms with Crippen molar-refractivity contribution in [3.63, 3.8) is 0 Å². The summed E-state index contributed by atoms with van der Waals surface area (Å²) in [6.45, 7) is 0. The van der Waals surface area contributed by atoms with E-state index in [-0.39, 0.29) is 28.3 Å². The average Bonchev–Trinajstić information content (AvgIpc) is 2.54. The van der Waals surface area contributed by atoms with E-state index in [1.54, 1.807) is 18.7 Å². The first kappa shape index (κ1) is 11.7. The average molecular weight is 250 g/mol. The van der Waals surface area contributed by atoms with Gasteiger partial charge >= 0.3 is 5.69 Å². The van der Waals surface area contributed by atoms with E-state index in [2.05, 4.69) is 4.98 Å². The predicted octanol–water partition coefficient (Wildman–Crippen LogP) is -1.03. The molecule has 0 saturated carbocycles. The van der Waals surface area contributed by atoms with E-state index < -0.39 is 0 Å². The van der Waals surface area contributed by atoms with Gasteiger partial charge in [-0.2, -0.15) is 0 Å². The monoisotopic (exact) mass is 250 g/mol. The van der Waals surface area contributed by atoms with Crippen LogP contribution in [-0.2, 0) is 38.2 Å². The van der Waals surface area contributed by atoms with E-state index in [1.807, 2.05) is 0 Å². The second kappa shape index (κ2) is 3.67. The SMILES string of the molecule is Cn1c(=O)c2c(ncn2C)n(C)c1=O.[Fe]. The van der Waals surface area contributed by atoms with Crippen LogP contribution in [0.4, 0.5) is 0 Å². The van der Waals surface area contributed by atoms with Crippen molar-refractivity contribution < 1.29 is 17.1 Å². The first-order valence-corrected chi connectivity index (χ1v) is 4.11. The predicted molar refractivity (Wildman–Crippen MR) is 51.2 cm³/mol. The molecule has 0 atom stereocenters. The zero-order chi connectivity index (χ0) is 10.5. The summed E-state index contributed by atoms with van der Waals surface area (Å²) in [7, 11) is 4.77. The minimum absolute atomic E-state index is 0. The molecule has 0 aliphatic heterocycles. The van der Waals surface area contributed by atoms with Gasteiger partial charge in [-0.1, -0.05) is 0 Å². The van der Waals surface area contributed by atoms with Crippen LogP contribution in [0.25, 0.3) is 11.2 Å². The van der Waals surface area contributed by atoms with Crippen molar-refractivity contribution >= 4 is 11.2 Å². The number of fused-ring (bicyclic) bond motifs is 1. The van der Waals surface area contributed by atoms with E-state index in [9.17, 15) is 9.59 Å². The number of hydrogen-bond acceptors (Lipinski definition) is 3. The van der Waals surface area contributed by atoms with Gasteiger partial charge in [0, 0.05) is 38.2 Å². The summed E-state index contributed by atoms with van der Waals surface area (Å²) in [6.07, 6.45) is 1.52. The third-order valence-corrected chi connectivity index (χ3v) is 2.32. The summed E-state index contributed by atoms with van der Waals surface area (Å²) in [5.74, 6) is 0. The summed E-state index contributed by atoms with van der Waals surface area (Å²) >= 11 is 0. The maximum atomic E-state index is 11.7. The Morgan fingerprint density at radius 3 is 2.33 bits per heavy atom. The van der Waals surface area contributed by atoms with Crippen molar-refractivity contribution in [2.24, 2.45) is 21.1 Å². The molecular weight excluding hydrogens is 240 g/mol. The Bertz CT molecular complexity index is 622. The van der Waals surface area contributed by atoms with Crippen LogP contribution in [0.2, 0.25) is 0 Å². The van der Waals surface area contributed by atoms with Gasteiger partial charge in [-0.05, 0) is 0 Å². The third-order valence-electron chi connectivity index (χ3n) is 2.32. The smallest absolute Gasteiger partial charge is 0.328 e. The van der Waals surface area contributed by atoms with Gasteiger partial charge in [-0.3, -0.25) is 13.9 Å². The summed E-state index contributed by atoms with van der Waals surface area (Å²) in [5, 5.41) is 0. The zero-order valence-corrected chi connectivity index (χ0v) is 9.64. The molecule has 6 nitrogen and oxygen atoms in total. The summed E-state index contributed by atoms with van der Waals surface area (Å²) in [6, 6.07) is 0. The molecule has 7 heteroatoms. The van der Waals surface area contributed by atoms with Crippen LogP contribution in [-0.4, -0.2) is 18.7 Å². The van der Waals surface area contributed by atoms with Gasteiger partial charge in [0.2, 0.25) is 0 Å². The fourth-order valence-corrected chi connectivity index (χ4v) is 1.47. The molecule has 0 N–H and O–H groups in total. The van der Waals surface area contributed by atoms with Gasteiger partial charge in [0.05, 0.1) is 6.33 Å². The number of rotatable bonds is 0. The van der Waals surface area contributed by atoms with Crippen LogP contribution in [0.1, 0.15) is 0 Å². The van der Waals surface area contributed by atoms with Crippen molar-refractivity contribution in [2.45, 2.75) is 0 Å². The molecule has 0 bridgehead atoms. The third kappa shape index (κ3) is 1.44. The number of aromatic nitrogens is 4. The summed E-state index contributed by atoms with van der Waals surface area (Å²) < 4.78 is 4.04. The summed E-state index contributed by atoms with van der Waals surface area (Å²) in [5.41, 5.74) is 0.180. The molecule has 0 amide bonds. The van der Waals surface area contributed by atoms with Gasteiger partial charge in [-0.15, -0.1) is 0 Å². The Labute approximate surface area is 95.6 Å². The number of imidazole rings is 1. The minimum Gasteiger partial charge on any atom is -0.328 e. The van der Waals surface area contributed by atoms with Crippen molar-refractivity contribution in [2.75, 3.05) is 0 Å². The van der Waals surface area contributed by atoms with Crippen LogP contribution < -0.4 is 11.2 Å². The molecule has 2 aromatic rings. The van der Waals surface area contributed by atoms with Gasteiger partial charge < -0.3 is 4.57 Å². The number of nitrogens with zero attached hydrogens (tertiary/aromatic N) is 4. The second-order valence-electron chi connectivity index (χ2n) is 3.23. The molecule has 0 radical (unpaired) electrons. The molecule has 82 valence electrons. The number of aryl methyl sites for hydroxylation is 2. The van der Waals surface area contributed by atoms with Crippen LogP contribution in [0.3, 0.4) is 0 Å². The van der Waals surface area contributed by atoms with Crippen molar-refractivity contribution in [1.82, 2.24) is 18.7 Å². The van der Waals surface area contributed by atoms with Crippen LogP contribution >= 0.6 is 0 Å². The van der Waals surface area contributed by atoms with E-state index in [0.717, 1.165) is 4.57 Å². The summed E-state index contributed by atoms with van der Waals surface area (Å²) in [4.78, 5) is 27.2. The molecule has 0 aliphatic rings. The molecule has 2 heterocycles. The van der Waals surface area contributed by atoms with Gasteiger partial charge in [-0.25, -0.2) is 9.78 Å². The Balaban J connectivity index is 0.00000112. The Kier molecular flexibility index (Phi) is 2.88. The second-order valence-corrected chi connectivity index (χ2v) is 3.23. The van der Waals surface area contributed by atoms with E-state index in [0.29, 0.717) is 11.2 Å². The fraction of sp³-hybridized carbons (Fsp3) is 0.375. The maximum absolute atomic E-state index is 11.7. The molecule has 0 fully saturated rings.